The maximum Gasteiger partial charge on any atom is 0.416 e. The molecule has 2 N–H and O–H groups in total. The van der Waals surface area contributed by atoms with Gasteiger partial charge in [-0.15, -0.1) is 0 Å². The summed E-state index contributed by atoms with van der Waals surface area (Å²) in [6, 6.07) is 2.81. The lowest BCUT2D eigenvalue weighted by atomic mass is 10.2. The van der Waals surface area contributed by atoms with Gasteiger partial charge in [0.15, 0.2) is 6.54 Å². The summed E-state index contributed by atoms with van der Waals surface area (Å²) < 4.78 is 43.9. The zero-order valence-electron chi connectivity index (χ0n) is 15.2. The molecule has 0 spiro atoms. The molecule has 1 aromatic rings. The van der Waals surface area contributed by atoms with Crippen molar-refractivity contribution < 1.29 is 32.4 Å². The molecular weight excluding hydrogens is 399 g/mol. The minimum Gasteiger partial charge on any atom is -0.368 e. The van der Waals surface area contributed by atoms with Crippen LogP contribution in [-0.2, 0) is 20.5 Å². The third-order valence-corrected chi connectivity index (χ3v) is 5.30. The number of halogens is 4. The van der Waals surface area contributed by atoms with Crippen molar-refractivity contribution in [3.63, 3.8) is 0 Å². The highest BCUT2D eigenvalue weighted by atomic mass is 35.5. The average molecular weight is 421 g/mol. The highest BCUT2D eigenvalue weighted by Crippen LogP contribution is 2.33. The summed E-state index contributed by atoms with van der Waals surface area (Å²) in [6.45, 7) is 2.91. The van der Waals surface area contributed by atoms with Gasteiger partial charge in [0.05, 0.1) is 42.5 Å². The SMILES string of the molecule is O=C(C[NH+]1CCN(C(=O)[C@@H]2CCCO2)CC1)Nc1cc(C(F)(F)F)ccc1Cl. The molecule has 2 fully saturated rings. The predicted molar refractivity (Wildman–Crippen MR) is 96.2 cm³/mol. The molecule has 0 aliphatic carbocycles. The van der Waals surface area contributed by atoms with Gasteiger partial charge in [-0.3, -0.25) is 9.59 Å². The molecule has 3 rings (SSSR count). The number of amides is 2. The standard InChI is InChI=1S/C18H21ClF3N3O3/c19-13-4-3-12(18(20,21)22)10-14(13)23-16(26)11-24-5-7-25(8-6-24)17(27)15-2-1-9-28-15/h3-4,10,15H,1-2,5-9,11H2,(H,23,26)/p+1/t15-/m0/s1. The summed E-state index contributed by atoms with van der Waals surface area (Å²) in [5, 5.41) is 2.50. The van der Waals surface area contributed by atoms with E-state index in [0.717, 1.165) is 35.9 Å². The normalized spacial score (nSPS) is 21.0. The van der Waals surface area contributed by atoms with Crippen molar-refractivity contribution in [2.24, 2.45) is 0 Å². The van der Waals surface area contributed by atoms with E-state index in [0.29, 0.717) is 32.8 Å². The molecule has 6 nitrogen and oxygen atoms in total. The van der Waals surface area contributed by atoms with E-state index in [1.54, 1.807) is 4.90 Å². The monoisotopic (exact) mass is 420 g/mol. The van der Waals surface area contributed by atoms with Gasteiger partial charge in [-0.1, -0.05) is 11.6 Å². The Kier molecular flexibility index (Phi) is 6.47. The van der Waals surface area contributed by atoms with Crippen molar-refractivity contribution in [1.82, 2.24) is 4.90 Å². The van der Waals surface area contributed by atoms with E-state index >= 15 is 0 Å². The van der Waals surface area contributed by atoms with Crippen molar-refractivity contribution in [3.8, 4) is 0 Å². The number of rotatable bonds is 4. The van der Waals surface area contributed by atoms with E-state index in [9.17, 15) is 22.8 Å². The Balaban J connectivity index is 1.50. The molecule has 2 saturated heterocycles. The fourth-order valence-corrected chi connectivity index (χ4v) is 3.58. The quantitative estimate of drug-likeness (QED) is 0.769. The molecule has 2 aliphatic rings. The molecule has 10 heteroatoms. The smallest absolute Gasteiger partial charge is 0.368 e. The zero-order chi connectivity index (χ0) is 20.3. The number of nitrogens with zero attached hydrogens (tertiary/aromatic N) is 1. The first-order valence-electron chi connectivity index (χ1n) is 9.14. The Morgan fingerprint density at radius 1 is 1.29 bits per heavy atom. The van der Waals surface area contributed by atoms with Crippen LogP contribution in [0.1, 0.15) is 18.4 Å². The summed E-state index contributed by atoms with van der Waals surface area (Å²) in [6.07, 6.45) is -3.24. The number of carbonyl (C=O) groups excluding carboxylic acids is 2. The number of hydrogen-bond donors (Lipinski definition) is 2. The Morgan fingerprint density at radius 3 is 2.61 bits per heavy atom. The van der Waals surface area contributed by atoms with Gasteiger partial charge in [-0.2, -0.15) is 13.2 Å². The summed E-state index contributed by atoms with van der Waals surface area (Å²) in [5.74, 6) is -0.424. The number of carbonyl (C=O) groups is 2. The fraction of sp³-hybridized carbons (Fsp3) is 0.556. The Morgan fingerprint density at radius 2 is 2.00 bits per heavy atom. The van der Waals surface area contributed by atoms with E-state index in [1.165, 1.54) is 0 Å². The zero-order valence-corrected chi connectivity index (χ0v) is 15.9. The van der Waals surface area contributed by atoms with Crippen LogP contribution >= 0.6 is 11.6 Å². The van der Waals surface area contributed by atoms with Crippen LogP contribution in [0, 0.1) is 0 Å². The molecule has 0 bridgehead atoms. The van der Waals surface area contributed by atoms with Crippen molar-refractivity contribution in [1.29, 1.82) is 0 Å². The number of anilines is 1. The largest absolute Gasteiger partial charge is 0.416 e. The van der Waals surface area contributed by atoms with Crippen molar-refractivity contribution in [2.75, 3.05) is 44.6 Å². The maximum absolute atomic E-state index is 12.8. The fourth-order valence-electron chi connectivity index (χ4n) is 3.42. The number of hydrogen-bond acceptors (Lipinski definition) is 3. The number of nitrogens with one attached hydrogen (secondary N) is 2. The van der Waals surface area contributed by atoms with Crippen LogP contribution in [0.2, 0.25) is 5.02 Å². The van der Waals surface area contributed by atoms with Crippen LogP contribution in [0.25, 0.3) is 0 Å². The highest BCUT2D eigenvalue weighted by Gasteiger charge is 2.33. The van der Waals surface area contributed by atoms with Crippen LogP contribution < -0.4 is 10.2 Å². The molecule has 0 radical (unpaired) electrons. The van der Waals surface area contributed by atoms with E-state index in [1.807, 2.05) is 0 Å². The van der Waals surface area contributed by atoms with Crippen molar-refractivity contribution in [2.45, 2.75) is 25.1 Å². The lowest BCUT2D eigenvalue weighted by molar-refractivity contribution is -0.895. The second-order valence-electron chi connectivity index (χ2n) is 6.99. The number of piperazine rings is 1. The number of alkyl halides is 3. The molecule has 2 amide bonds. The molecule has 2 aliphatic heterocycles. The van der Waals surface area contributed by atoms with Gasteiger partial charge in [0.2, 0.25) is 0 Å². The summed E-state index contributed by atoms with van der Waals surface area (Å²) >= 11 is 5.90. The van der Waals surface area contributed by atoms with Gasteiger partial charge in [-0.05, 0) is 31.0 Å². The summed E-state index contributed by atoms with van der Waals surface area (Å²) in [5.41, 5.74) is -0.936. The third kappa shape index (κ3) is 5.15. The van der Waals surface area contributed by atoms with Crippen LogP contribution in [0.15, 0.2) is 18.2 Å². The third-order valence-electron chi connectivity index (χ3n) is 4.97. The topological polar surface area (TPSA) is 63.1 Å². The first-order chi connectivity index (χ1) is 13.2. The first-order valence-corrected chi connectivity index (χ1v) is 9.52. The van der Waals surface area contributed by atoms with Gasteiger partial charge in [0.1, 0.15) is 6.10 Å². The minimum absolute atomic E-state index is 0.00301. The summed E-state index contributed by atoms with van der Waals surface area (Å²) in [4.78, 5) is 27.3. The molecule has 154 valence electrons. The Labute approximate surface area is 165 Å². The van der Waals surface area contributed by atoms with E-state index in [4.69, 9.17) is 16.3 Å². The average Bonchev–Trinajstić information content (AvgIpc) is 3.17. The van der Waals surface area contributed by atoms with Crippen LogP contribution in [-0.4, -0.2) is 62.1 Å². The number of benzene rings is 1. The lowest BCUT2D eigenvalue weighted by Crippen LogP contribution is -3.15. The second-order valence-corrected chi connectivity index (χ2v) is 7.40. The Bertz CT molecular complexity index is 731. The van der Waals surface area contributed by atoms with Gasteiger partial charge in [0, 0.05) is 6.61 Å². The number of ether oxygens (including phenoxy) is 1. The highest BCUT2D eigenvalue weighted by molar-refractivity contribution is 6.33. The molecule has 1 atom stereocenters. The first kappa shape index (κ1) is 20.9. The van der Waals surface area contributed by atoms with Crippen molar-refractivity contribution >= 4 is 29.1 Å². The van der Waals surface area contributed by atoms with Crippen LogP contribution in [0.4, 0.5) is 18.9 Å². The molecule has 0 aromatic heterocycles. The minimum atomic E-state index is -4.51. The van der Waals surface area contributed by atoms with E-state index < -0.39 is 17.6 Å². The number of quaternary nitrogens is 1. The molecule has 2 heterocycles. The maximum atomic E-state index is 12.8. The van der Waals surface area contributed by atoms with Crippen LogP contribution in [0.5, 0.6) is 0 Å². The Hall–Kier alpha value is -1.84. The second kappa shape index (κ2) is 8.67. The molecular formula is C18H22ClF3N3O3+. The van der Waals surface area contributed by atoms with Crippen molar-refractivity contribution in [3.05, 3.63) is 28.8 Å². The van der Waals surface area contributed by atoms with Gasteiger partial charge < -0.3 is 19.9 Å². The molecule has 1 aromatic carbocycles. The van der Waals surface area contributed by atoms with Gasteiger partial charge in [-0.25, -0.2) is 0 Å². The molecule has 0 unspecified atom stereocenters. The molecule has 28 heavy (non-hydrogen) atoms. The van der Waals surface area contributed by atoms with Gasteiger partial charge in [0.25, 0.3) is 11.8 Å². The summed E-state index contributed by atoms with van der Waals surface area (Å²) in [7, 11) is 0. The predicted octanol–water partition coefficient (Wildman–Crippen LogP) is 1.20. The van der Waals surface area contributed by atoms with E-state index in [2.05, 4.69) is 5.32 Å². The van der Waals surface area contributed by atoms with E-state index in [-0.39, 0.29) is 29.3 Å². The van der Waals surface area contributed by atoms with Gasteiger partial charge >= 0.3 is 6.18 Å². The van der Waals surface area contributed by atoms with Crippen LogP contribution in [0.3, 0.4) is 0 Å². The molecule has 0 saturated carbocycles. The lowest BCUT2D eigenvalue weighted by Gasteiger charge is -2.33.